The number of nitrogens with one attached hydrogen (secondary N) is 1. The van der Waals surface area contributed by atoms with Crippen LogP contribution in [0.2, 0.25) is 0 Å². The monoisotopic (exact) mass is 261 g/mol. The highest BCUT2D eigenvalue weighted by Crippen LogP contribution is 2.18. The lowest BCUT2D eigenvalue weighted by Crippen LogP contribution is -2.40. The standard InChI is InChI=1S/C12H23N3O.ClH/c1-10(2)15-8-7-14(12(15)16)9-11-3-5-13-6-4-11;/h10-11,13H,3-9H2,1-2H3;1H. The number of halogens is 1. The fraction of sp³-hybridized carbons (Fsp3) is 0.917. The molecule has 2 heterocycles. The molecule has 2 fully saturated rings. The maximum Gasteiger partial charge on any atom is 0.320 e. The first-order valence-electron chi connectivity index (χ1n) is 6.44. The maximum absolute atomic E-state index is 12.1. The molecule has 0 aromatic heterocycles. The van der Waals surface area contributed by atoms with Gasteiger partial charge in [0.1, 0.15) is 0 Å². The first-order chi connectivity index (χ1) is 7.68. The van der Waals surface area contributed by atoms with Crippen molar-refractivity contribution in [3.63, 3.8) is 0 Å². The van der Waals surface area contributed by atoms with Crippen molar-refractivity contribution < 1.29 is 4.79 Å². The van der Waals surface area contributed by atoms with Crippen molar-refractivity contribution in [3.05, 3.63) is 0 Å². The molecule has 17 heavy (non-hydrogen) atoms. The van der Waals surface area contributed by atoms with Crippen molar-refractivity contribution in [3.8, 4) is 0 Å². The Balaban J connectivity index is 0.00000144. The van der Waals surface area contributed by atoms with Crippen LogP contribution in [-0.4, -0.2) is 54.6 Å². The van der Waals surface area contributed by atoms with E-state index in [-0.39, 0.29) is 18.4 Å². The van der Waals surface area contributed by atoms with Crippen molar-refractivity contribution >= 4 is 18.4 Å². The van der Waals surface area contributed by atoms with Crippen molar-refractivity contribution in [2.45, 2.75) is 32.7 Å². The molecule has 0 aromatic rings. The molecule has 0 aliphatic carbocycles. The zero-order valence-corrected chi connectivity index (χ0v) is 11.6. The summed E-state index contributed by atoms with van der Waals surface area (Å²) in [6.45, 7) is 9.19. The summed E-state index contributed by atoms with van der Waals surface area (Å²) < 4.78 is 0. The topological polar surface area (TPSA) is 35.6 Å². The molecule has 5 heteroatoms. The highest BCUT2D eigenvalue weighted by Gasteiger charge is 2.31. The minimum absolute atomic E-state index is 0. The Hall–Kier alpha value is -0.480. The summed E-state index contributed by atoms with van der Waals surface area (Å²) in [7, 11) is 0. The van der Waals surface area contributed by atoms with E-state index in [1.807, 2.05) is 9.80 Å². The van der Waals surface area contributed by atoms with Gasteiger partial charge in [-0.15, -0.1) is 12.4 Å². The van der Waals surface area contributed by atoms with Crippen LogP contribution < -0.4 is 5.32 Å². The number of carbonyl (C=O) groups is 1. The molecule has 1 N–H and O–H groups in total. The van der Waals surface area contributed by atoms with Crippen LogP contribution in [0.3, 0.4) is 0 Å². The van der Waals surface area contributed by atoms with Gasteiger partial charge in [0.15, 0.2) is 0 Å². The van der Waals surface area contributed by atoms with Crippen LogP contribution in [0.25, 0.3) is 0 Å². The van der Waals surface area contributed by atoms with Gasteiger partial charge in [-0.2, -0.15) is 0 Å². The van der Waals surface area contributed by atoms with Crippen LogP contribution in [0.15, 0.2) is 0 Å². The minimum Gasteiger partial charge on any atom is -0.323 e. The van der Waals surface area contributed by atoms with Crippen LogP contribution in [0.1, 0.15) is 26.7 Å². The third kappa shape index (κ3) is 3.49. The Morgan fingerprint density at radius 3 is 2.47 bits per heavy atom. The van der Waals surface area contributed by atoms with E-state index in [1.165, 1.54) is 12.8 Å². The van der Waals surface area contributed by atoms with Gasteiger partial charge in [0.25, 0.3) is 0 Å². The van der Waals surface area contributed by atoms with Gasteiger partial charge in [-0.1, -0.05) is 0 Å². The lowest BCUT2D eigenvalue weighted by Gasteiger charge is -2.28. The Bertz CT molecular complexity index is 254. The number of carbonyl (C=O) groups excluding carboxylic acids is 1. The molecule has 0 aromatic carbocycles. The fourth-order valence-corrected chi connectivity index (χ4v) is 2.63. The van der Waals surface area contributed by atoms with Gasteiger partial charge in [0.05, 0.1) is 0 Å². The molecular formula is C12H24ClN3O. The molecule has 2 rings (SSSR count). The summed E-state index contributed by atoms with van der Waals surface area (Å²) in [5.41, 5.74) is 0. The molecule has 0 spiro atoms. The molecule has 2 saturated heterocycles. The van der Waals surface area contributed by atoms with E-state index in [1.54, 1.807) is 0 Å². The largest absolute Gasteiger partial charge is 0.323 e. The molecule has 0 unspecified atom stereocenters. The number of rotatable bonds is 3. The second kappa shape index (κ2) is 6.45. The summed E-state index contributed by atoms with van der Waals surface area (Å²) in [6.07, 6.45) is 2.43. The molecule has 2 aliphatic rings. The van der Waals surface area contributed by atoms with E-state index >= 15 is 0 Å². The zero-order valence-electron chi connectivity index (χ0n) is 10.8. The number of hydrogen-bond acceptors (Lipinski definition) is 2. The normalized spacial score (nSPS) is 22.2. The molecule has 2 aliphatic heterocycles. The van der Waals surface area contributed by atoms with E-state index in [0.29, 0.717) is 12.0 Å². The van der Waals surface area contributed by atoms with Gasteiger partial charge in [-0.25, -0.2) is 4.79 Å². The Labute approximate surface area is 110 Å². The number of hydrogen-bond donors (Lipinski definition) is 1. The van der Waals surface area contributed by atoms with Crippen LogP contribution >= 0.6 is 12.4 Å². The van der Waals surface area contributed by atoms with E-state index < -0.39 is 0 Å². The molecule has 0 atom stereocenters. The highest BCUT2D eigenvalue weighted by molar-refractivity contribution is 5.85. The maximum atomic E-state index is 12.1. The number of urea groups is 1. The molecule has 0 bridgehead atoms. The van der Waals surface area contributed by atoms with Crippen molar-refractivity contribution in [2.75, 3.05) is 32.7 Å². The molecule has 0 radical (unpaired) electrons. The molecule has 0 saturated carbocycles. The first-order valence-corrected chi connectivity index (χ1v) is 6.44. The quantitative estimate of drug-likeness (QED) is 0.837. The zero-order chi connectivity index (χ0) is 11.5. The highest BCUT2D eigenvalue weighted by atomic mass is 35.5. The lowest BCUT2D eigenvalue weighted by molar-refractivity contribution is 0.173. The molecule has 100 valence electrons. The van der Waals surface area contributed by atoms with E-state index in [2.05, 4.69) is 19.2 Å². The number of piperidine rings is 1. The molecule has 4 nitrogen and oxygen atoms in total. The molecule has 2 amide bonds. The van der Waals surface area contributed by atoms with Crippen molar-refractivity contribution in [2.24, 2.45) is 5.92 Å². The second-order valence-electron chi connectivity index (χ2n) is 5.21. The first kappa shape index (κ1) is 14.6. The van der Waals surface area contributed by atoms with Gasteiger partial charge < -0.3 is 15.1 Å². The van der Waals surface area contributed by atoms with Crippen LogP contribution in [0.4, 0.5) is 4.79 Å². The number of amides is 2. The van der Waals surface area contributed by atoms with Crippen LogP contribution in [0.5, 0.6) is 0 Å². The number of nitrogens with zero attached hydrogens (tertiary/aromatic N) is 2. The van der Waals surface area contributed by atoms with Crippen molar-refractivity contribution in [1.29, 1.82) is 0 Å². The summed E-state index contributed by atoms with van der Waals surface area (Å²) >= 11 is 0. The van der Waals surface area contributed by atoms with Gasteiger partial charge in [0, 0.05) is 25.7 Å². The molecular weight excluding hydrogens is 238 g/mol. The third-order valence-corrected chi connectivity index (χ3v) is 3.69. The smallest absolute Gasteiger partial charge is 0.320 e. The fourth-order valence-electron chi connectivity index (χ4n) is 2.63. The SMILES string of the molecule is CC(C)N1CCN(CC2CCNCC2)C1=O.Cl. The van der Waals surface area contributed by atoms with Gasteiger partial charge >= 0.3 is 6.03 Å². The van der Waals surface area contributed by atoms with Crippen LogP contribution in [0, 0.1) is 5.92 Å². The summed E-state index contributed by atoms with van der Waals surface area (Å²) in [5, 5.41) is 3.36. The lowest BCUT2D eigenvalue weighted by atomic mass is 9.98. The van der Waals surface area contributed by atoms with Gasteiger partial charge in [-0.3, -0.25) is 0 Å². The summed E-state index contributed by atoms with van der Waals surface area (Å²) in [4.78, 5) is 16.1. The predicted octanol–water partition coefficient (Wildman–Crippen LogP) is 1.55. The summed E-state index contributed by atoms with van der Waals surface area (Å²) in [5.74, 6) is 0.706. The Morgan fingerprint density at radius 2 is 1.94 bits per heavy atom. The van der Waals surface area contributed by atoms with Gasteiger partial charge in [0.2, 0.25) is 0 Å². The van der Waals surface area contributed by atoms with E-state index in [0.717, 1.165) is 32.7 Å². The third-order valence-electron chi connectivity index (χ3n) is 3.69. The minimum atomic E-state index is 0. The predicted molar refractivity (Wildman–Crippen MR) is 71.7 cm³/mol. The van der Waals surface area contributed by atoms with Crippen molar-refractivity contribution in [1.82, 2.24) is 15.1 Å². The van der Waals surface area contributed by atoms with E-state index in [4.69, 9.17) is 0 Å². The Morgan fingerprint density at radius 1 is 1.29 bits per heavy atom. The average Bonchev–Trinajstić information content (AvgIpc) is 2.62. The summed E-state index contributed by atoms with van der Waals surface area (Å²) in [6, 6.07) is 0.582. The van der Waals surface area contributed by atoms with Gasteiger partial charge in [-0.05, 0) is 45.7 Å². The second-order valence-corrected chi connectivity index (χ2v) is 5.21. The van der Waals surface area contributed by atoms with Crippen LogP contribution in [-0.2, 0) is 0 Å². The Kier molecular flexibility index (Phi) is 5.53. The average molecular weight is 262 g/mol. The van der Waals surface area contributed by atoms with E-state index in [9.17, 15) is 4.79 Å².